The van der Waals surface area contributed by atoms with E-state index >= 15 is 0 Å². The van der Waals surface area contributed by atoms with Crippen LogP contribution in [0.1, 0.15) is 26.2 Å². The molecule has 1 aromatic heterocycles. The standard InChI is InChI=1S/C16H16BrN3O3S/c1-2-7-20-15(23)10-8-9(17)3-4-11(10)18-16(20)24-12-5-6-13(21)19-14(12)22/h3-4,8,12H,2,5-7H2,1H3,(H,19,21,22). The van der Waals surface area contributed by atoms with E-state index in [9.17, 15) is 14.4 Å². The Morgan fingerprint density at radius 3 is 2.88 bits per heavy atom. The van der Waals surface area contributed by atoms with Gasteiger partial charge in [0.05, 0.1) is 16.2 Å². The number of fused-ring (bicyclic) bond motifs is 1. The van der Waals surface area contributed by atoms with Crippen molar-refractivity contribution in [1.82, 2.24) is 14.9 Å². The van der Waals surface area contributed by atoms with Crippen LogP contribution in [0.4, 0.5) is 0 Å². The minimum atomic E-state index is -0.411. The molecule has 1 saturated heterocycles. The molecular formula is C16H16BrN3O3S. The van der Waals surface area contributed by atoms with Crippen LogP contribution in [0.15, 0.2) is 32.6 Å². The van der Waals surface area contributed by atoms with E-state index in [4.69, 9.17) is 0 Å². The predicted octanol–water partition coefficient (Wildman–Crippen LogP) is 2.47. The maximum absolute atomic E-state index is 12.8. The molecule has 2 heterocycles. The lowest BCUT2D eigenvalue weighted by molar-refractivity contribution is -0.132. The van der Waals surface area contributed by atoms with Crippen LogP contribution in [0.2, 0.25) is 0 Å². The Labute approximate surface area is 151 Å². The van der Waals surface area contributed by atoms with Crippen molar-refractivity contribution < 1.29 is 9.59 Å². The third-order valence-corrected chi connectivity index (χ3v) is 5.51. The molecule has 0 spiro atoms. The Morgan fingerprint density at radius 2 is 2.17 bits per heavy atom. The monoisotopic (exact) mass is 409 g/mol. The molecule has 1 N–H and O–H groups in total. The topological polar surface area (TPSA) is 81.1 Å². The fraction of sp³-hybridized carbons (Fsp3) is 0.375. The molecule has 126 valence electrons. The second-order valence-electron chi connectivity index (χ2n) is 5.57. The van der Waals surface area contributed by atoms with Crippen molar-refractivity contribution in [2.45, 2.75) is 43.1 Å². The third kappa shape index (κ3) is 3.39. The number of carbonyl (C=O) groups is 2. The Morgan fingerprint density at radius 1 is 1.38 bits per heavy atom. The van der Waals surface area contributed by atoms with Gasteiger partial charge in [-0.25, -0.2) is 4.98 Å². The summed E-state index contributed by atoms with van der Waals surface area (Å²) in [5, 5.41) is 3.00. The van der Waals surface area contributed by atoms with Gasteiger partial charge in [0, 0.05) is 17.4 Å². The van der Waals surface area contributed by atoms with Gasteiger partial charge in [-0.05, 0) is 31.0 Å². The molecule has 6 nitrogen and oxygen atoms in total. The molecule has 1 atom stereocenters. The zero-order valence-electron chi connectivity index (χ0n) is 13.0. The number of hydrogen-bond acceptors (Lipinski definition) is 5. The van der Waals surface area contributed by atoms with E-state index in [0.29, 0.717) is 35.4 Å². The van der Waals surface area contributed by atoms with Gasteiger partial charge >= 0.3 is 0 Å². The fourth-order valence-electron chi connectivity index (χ4n) is 2.60. The van der Waals surface area contributed by atoms with E-state index in [1.807, 2.05) is 13.0 Å². The number of rotatable bonds is 4. The Balaban J connectivity index is 2.04. The molecule has 1 fully saturated rings. The number of hydrogen-bond donors (Lipinski definition) is 1. The maximum Gasteiger partial charge on any atom is 0.262 e. The van der Waals surface area contributed by atoms with Crippen LogP contribution >= 0.6 is 27.7 Å². The molecule has 0 bridgehead atoms. The smallest absolute Gasteiger partial charge is 0.262 e. The molecule has 24 heavy (non-hydrogen) atoms. The lowest BCUT2D eigenvalue weighted by Gasteiger charge is -2.21. The number of nitrogens with one attached hydrogen (secondary N) is 1. The number of benzene rings is 1. The molecule has 1 unspecified atom stereocenters. The minimum absolute atomic E-state index is 0.113. The zero-order valence-corrected chi connectivity index (χ0v) is 15.4. The van der Waals surface area contributed by atoms with Crippen molar-refractivity contribution in [3.63, 3.8) is 0 Å². The molecule has 1 aliphatic heterocycles. The number of carbonyl (C=O) groups excluding carboxylic acids is 2. The SMILES string of the molecule is CCCn1c(SC2CCC(=O)NC2=O)nc2ccc(Br)cc2c1=O. The van der Waals surface area contributed by atoms with Gasteiger partial charge in [0.2, 0.25) is 11.8 Å². The van der Waals surface area contributed by atoms with Gasteiger partial charge in [0.15, 0.2) is 5.16 Å². The van der Waals surface area contributed by atoms with E-state index in [2.05, 4.69) is 26.2 Å². The average Bonchev–Trinajstić information content (AvgIpc) is 2.54. The summed E-state index contributed by atoms with van der Waals surface area (Å²) in [6, 6.07) is 5.38. The van der Waals surface area contributed by atoms with Crippen molar-refractivity contribution in [3.8, 4) is 0 Å². The summed E-state index contributed by atoms with van der Waals surface area (Å²) >= 11 is 4.63. The summed E-state index contributed by atoms with van der Waals surface area (Å²) in [7, 11) is 0. The van der Waals surface area contributed by atoms with Crippen molar-refractivity contribution in [3.05, 3.63) is 33.0 Å². The van der Waals surface area contributed by atoms with Crippen molar-refractivity contribution in [2.75, 3.05) is 0 Å². The summed E-state index contributed by atoms with van der Waals surface area (Å²) < 4.78 is 2.44. The lowest BCUT2D eigenvalue weighted by atomic mass is 10.1. The van der Waals surface area contributed by atoms with E-state index < -0.39 is 5.25 Å². The number of piperidine rings is 1. The minimum Gasteiger partial charge on any atom is -0.295 e. The Bertz CT molecular complexity index is 881. The summed E-state index contributed by atoms with van der Waals surface area (Å²) in [5.41, 5.74) is 0.489. The molecule has 2 amide bonds. The van der Waals surface area contributed by atoms with Crippen LogP contribution in [0.3, 0.4) is 0 Å². The molecule has 0 radical (unpaired) electrons. The van der Waals surface area contributed by atoms with Crippen LogP contribution in [0, 0.1) is 0 Å². The number of thioether (sulfide) groups is 1. The number of halogens is 1. The molecule has 2 aromatic rings. The predicted molar refractivity (Wildman–Crippen MR) is 96.0 cm³/mol. The van der Waals surface area contributed by atoms with Gasteiger partial charge in [-0.15, -0.1) is 0 Å². The van der Waals surface area contributed by atoms with Gasteiger partial charge in [0.1, 0.15) is 0 Å². The highest BCUT2D eigenvalue weighted by atomic mass is 79.9. The highest BCUT2D eigenvalue weighted by Gasteiger charge is 2.29. The number of imide groups is 1. The molecule has 8 heteroatoms. The molecule has 1 aromatic carbocycles. The first-order valence-electron chi connectivity index (χ1n) is 7.70. The van der Waals surface area contributed by atoms with E-state index in [1.165, 1.54) is 11.8 Å². The van der Waals surface area contributed by atoms with Crippen molar-refractivity contribution in [2.24, 2.45) is 0 Å². The summed E-state index contributed by atoms with van der Waals surface area (Å²) in [6.45, 7) is 2.52. The highest BCUT2D eigenvalue weighted by Crippen LogP contribution is 2.28. The summed E-state index contributed by atoms with van der Waals surface area (Å²) in [4.78, 5) is 40.7. The fourth-order valence-corrected chi connectivity index (χ4v) is 4.07. The molecule has 3 rings (SSSR count). The molecular weight excluding hydrogens is 394 g/mol. The quantitative estimate of drug-likeness (QED) is 0.619. The third-order valence-electron chi connectivity index (χ3n) is 3.76. The molecule has 0 saturated carbocycles. The van der Waals surface area contributed by atoms with Gasteiger partial charge in [-0.1, -0.05) is 34.6 Å². The molecule has 1 aliphatic rings. The Kier molecular flexibility index (Phi) is 5.05. The van der Waals surface area contributed by atoms with Crippen LogP contribution in [-0.2, 0) is 16.1 Å². The largest absolute Gasteiger partial charge is 0.295 e. The van der Waals surface area contributed by atoms with E-state index in [1.54, 1.807) is 16.7 Å². The first kappa shape index (κ1) is 17.2. The Hall–Kier alpha value is -1.67. The zero-order chi connectivity index (χ0) is 17.3. The second kappa shape index (κ2) is 7.06. The number of aromatic nitrogens is 2. The normalized spacial score (nSPS) is 18.0. The lowest BCUT2D eigenvalue weighted by Crippen LogP contribution is -2.42. The van der Waals surface area contributed by atoms with Crippen LogP contribution < -0.4 is 10.9 Å². The average molecular weight is 410 g/mol. The first-order valence-corrected chi connectivity index (χ1v) is 9.37. The highest BCUT2D eigenvalue weighted by molar-refractivity contribution is 9.10. The van der Waals surface area contributed by atoms with Crippen molar-refractivity contribution >= 4 is 50.4 Å². The van der Waals surface area contributed by atoms with Crippen molar-refractivity contribution in [1.29, 1.82) is 0 Å². The first-order chi connectivity index (χ1) is 11.5. The van der Waals surface area contributed by atoms with Crippen LogP contribution in [0.5, 0.6) is 0 Å². The van der Waals surface area contributed by atoms with Gasteiger partial charge < -0.3 is 0 Å². The maximum atomic E-state index is 12.8. The van der Waals surface area contributed by atoms with Gasteiger partial charge in [0.25, 0.3) is 5.56 Å². The number of nitrogens with zero attached hydrogens (tertiary/aromatic N) is 2. The van der Waals surface area contributed by atoms with Crippen LogP contribution in [-0.4, -0.2) is 26.6 Å². The van der Waals surface area contributed by atoms with E-state index in [-0.39, 0.29) is 17.4 Å². The second-order valence-corrected chi connectivity index (χ2v) is 7.66. The summed E-state index contributed by atoms with van der Waals surface area (Å²) in [5.74, 6) is -0.566. The van der Waals surface area contributed by atoms with E-state index in [0.717, 1.165) is 10.9 Å². The van der Waals surface area contributed by atoms with Gasteiger partial charge in [-0.2, -0.15) is 0 Å². The van der Waals surface area contributed by atoms with Gasteiger partial charge in [-0.3, -0.25) is 24.3 Å². The molecule has 0 aliphatic carbocycles. The number of amides is 2. The summed E-state index contributed by atoms with van der Waals surface area (Å²) in [6.07, 6.45) is 1.54. The van der Waals surface area contributed by atoms with Crippen LogP contribution in [0.25, 0.3) is 10.9 Å².